The molecule has 0 aliphatic carbocycles. The first-order valence-corrected chi connectivity index (χ1v) is 19.4. The third-order valence-electron chi connectivity index (χ3n) is 7.96. The predicted molar refractivity (Wildman–Crippen MR) is 178 cm³/mol. The van der Waals surface area contributed by atoms with Crippen LogP contribution in [0.3, 0.4) is 0 Å². The van der Waals surface area contributed by atoms with Crippen molar-refractivity contribution in [1.82, 2.24) is 0 Å². The second kappa shape index (κ2) is 14.4. The van der Waals surface area contributed by atoms with Crippen LogP contribution in [0.2, 0.25) is 18.1 Å². The third kappa shape index (κ3) is 8.02. The van der Waals surface area contributed by atoms with Gasteiger partial charge in [0.05, 0.1) is 12.3 Å². The van der Waals surface area contributed by atoms with Crippen LogP contribution in [0.5, 0.6) is 0 Å². The Kier molecular flexibility index (Phi) is 12.7. The molecule has 3 rings (SSSR count). The van der Waals surface area contributed by atoms with Gasteiger partial charge in [-0.1, -0.05) is 95.3 Å². The summed E-state index contributed by atoms with van der Waals surface area (Å²) < 4.78 is 8.62. The van der Waals surface area contributed by atoms with Gasteiger partial charge in [0.15, 0.2) is 8.32 Å². The molecule has 5 heteroatoms. The number of allylic oxidation sites excluding steroid dienone is 1. The fraction of sp³-hybridized carbons (Fsp3) is 0.394. The normalized spacial score (nSPS) is 15.3. The molecule has 0 radical (unpaired) electrons. The Morgan fingerprint density at radius 3 is 1.50 bits per heavy atom. The number of hydrogen-bond acceptors (Lipinski definition) is 1. The van der Waals surface area contributed by atoms with Crippen LogP contribution in [0.25, 0.3) is 0 Å². The quantitative estimate of drug-likeness (QED) is 0.140. The molecule has 3 atom stereocenters. The van der Waals surface area contributed by atoms with Crippen LogP contribution in [-0.2, 0) is 4.43 Å². The van der Waals surface area contributed by atoms with Gasteiger partial charge in [-0.05, 0) is 87.6 Å². The van der Waals surface area contributed by atoms with Gasteiger partial charge in [0.25, 0.3) is 0 Å². The Balaban J connectivity index is 0.00000507. The standard InChI is InChI=1S/C33H45IOPSi.HI/c1-26(24-28(3)34)32(35-37(7,8)33(4,5)6)27(2)25-36(29-18-12-9-13-19-29,30-20-14-10-15-21-30)31-22-16-11-17-23-31;/h9-24,26-27,32H,25H2,1-8H3;1H/q+1;/p-1/b28-24-;/t26-,27-,32?;/m0./s1. The SMILES string of the molecule is C/C(I)=C/[C@H](C)C(O[Si](C)(C)C(C)(C)C)[C@@H](C)C[P+](c1ccccc1)(c1ccccc1)c1ccccc1.[I-]. The van der Waals surface area contributed by atoms with Gasteiger partial charge < -0.3 is 28.4 Å². The van der Waals surface area contributed by atoms with Gasteiger partial charge in [0.2, 0.25) is 0 Å². The monoisotopic (exact) mass is 770 g/mol. The van der Waals surface area contributed by atoms with Crippen LogP contribution >= 0.6 is 29.9 Å². The molecule has 0 saturated heterocycles. The summed E-state index contributed by atoms with van der Waals surface area (Å²) in [5, 5.41) is 4.49. The molecule has 38 heavy (non-hydrogen) atoms. The first-order valence-electron chi connectivity index (χ1n) is 13.4. The Morgan fingerprint density at radius 2 is 1.18 bits per heavy atom. The van der Waals surface area contributed by atoms with Crippen LogP contribution in [0.4, 0.5) is 0 Å². The highest BCUT2D eigenvalue weighted by Gasteiger charge is 2.49. The van der Waals surface area contributed by atoms with Crippen molar-refractivity contribution in [2.75, 3.05) is 6.16 Å². The highest BCUT2D eigenvalue weighted by atomic mass is 127. The van der Waals surface area contributed by atoms with E-state index in [4.69, 9.17) is 4.43 Å². The summed E-state index contributed by atoms with van der Waals surface area (Å²) in [5.74, 6) is 0.704. The van der Waals surface area contributed by atoms with Crippen molar-refractivity contribution in [3.05, 3.63) is 101 Å². The molecule has 1 nitrogen and oxygen atoms in total. The molecule has 0 bridgehead atoms. The van der Waals surface area contributed by atoms with Crippen LogP contribution in [-0.4, -0.2) is 20.6 Å². The van der Waals surface area contributed by atoms with Gasteiger partial charge in [-0.2, -0.15) is 0 Å². The van der Waals surface area contributed by atoms with E-state index in [1.165, 1.54) is 19.5 Å². The lowest BCUT2D eigenvalue weighted by atomic mass is 9.94. The second-order valence-electron chi connectivity index (χ2n) is 11.9. The maximum absolute atomic E-state index is 7.29. The Morgan fingerprint density at radius 1 is 0.816 bits per heavy atom. The van der Waals surface area contributed by atoms with E-state index in [9.17, 15) is 0 Å². The maximum atomic E-state index is 7.29. The van der Waals surface area contributed by atoms with E-state index in [1.807, 2.05) is 0 Å². The molecular weight excluding hydrogens is 725 g/mol. The van der Waals surface area contributed by atoms with E-state index in [0.29, 0.717) is 11.8 Å². The van der Waals surface area contributed by atoms with Gasteiger partial charge in [0.1, 0.15) is 23.2 Å². The van der Waals surface area contributed by atoms with Gasteiger partial charge in [0, 0.05) is 11.8 Å². The van der Waals surface area contributed by atoms with Crippen molar-refractivity contribution in [3.8, 4) is 0 Å². The smallest absolute Gasteiger partial charge is 0.192 e. The molecule has 3 aromatic carbocycles. The molecule has 206 valence electrons. The summed E-state index contributed by atoms with van der Waals surface area (Å²) in [6.45, 7) is 18.8. The molecule has 0 aliphatic rings. The predicted octanol–water partition coefficient (Wildman–Crippen LogP) is 5.99. The maximum Gasteiger partial charge on any atom is 0.192 e. The lowest BCUT2D eigenvalue weighted by molar-refractivity contribution is -0.00000894. The molecule has 0 N–H and O–H groups in total. The molecule has 0 spiro atoms. The summed E-state index contributed by atoms with van der Waals surface area (Å²) in [4.78, 5) is 0. The van der Waals surface area contributed by atoms with E-state index in [-0.39, 0.29) is 35.1 Å². The molecule has 0 fully saturated rings. The average molecular weight is 771 g/mol. The van der Waals surface area contributed by atoms with E-state index >= 15 is 0 Å². The van der Waals surface area contributed by atoms with Crippen molar-refractivity contribution in [2.24, 2.45) is 11.8 Å². The largest absolute Gasteiger partial charge is 1.00 e. The van der Waals surface area contributed by atoms with Crippen molar-refractivity contribution in [1.29, 1.82) is 0 Å². The molecular formula is C33H45I2OPSi. The summed E-state index contributed by atoms with van der Waals surface area (Å²) in [5.41, 5.74) is 0. The van der Waals surface area contributed by atoms with Gasteiger partial charge in [-0.25, -0.2) is 0 Å². The minimum absolute atomic E-state index is 0. The topological polar surface area (TPSA) is 9.23 Å². The molecule has 0 amide bonds. The highest BCUT2D eigenvalue weighted by molar-refractivity contribution is 14.1. The lowest BCUT2D eigenvalue weighted by Crippen LogP contribution is -3.00. The first kappa shape index (κ1) is 33.7. The molecule has 1 unspecified atom stereocenters. The van der Waals surface area contributed by atoms with Crippen LogP contribution in [0.1, 0.15) is 41.5 Å². The zero-order chi connectivity index (χ0) is 27.3. The Bertz CT molecular complexity index is 1040. The zero-order valence-electron chi connectivity index (χ0n) is 24.3. The minimum atomic E-state index is -1.98. The highest BCUT2D eigenvalue weighted by Crippen LogP contribution is 2.57. The van der Waals surface area contributed by atoms with Crippen molar-refractivity contribution >= 4 is 54.1 Å². The number of hydrogen-bond donors (Lipinski definition) is 0. The molecule has 0 saturated carbocycles. The minimum Gasteiger partial charge on any atom is -1.00 e. The fourth-order valence-electron chi connectivity index (χ4n) is 5.06. The third-order valence-corrected chi connectivity index (χ3v) is 17.5. The van der Waals surface area contributed by atoms with Crippen molar-refractivity contribution in [3.63, 3.8) is 0 Å². The first-order chi connectivity index (χ1) is 17.4. The number of halogens is 2. The van der Waals surface area contributed by atoms with Crippen molar-refractivity contribution < 1.29 is 28.4 Å². The molecule has 3 aromatic rings. The summed E-state index contributed by atoms with van der Waals surface area (Å²) in [6.07, 6.45) is 3.63. The molecule has 0 aromatic heterocycles. The lowest BCUT2D eigenvalue weighted by Gasteiger charge is -2.43. The van der Waals surface area contributed by atoms with Crippen molar-refractivity contribution in [2.45, 2.75) is 65.8 Å². The number of benzene rings is 3. The van der Waals surface area contributed by atoms with E-state index in [1.54, 1.807) is 0 Å². The molecule has 0 aliphatic heterocycles. The van der Waals surface area contributed by atoms with Gasteiger partial charge in [-0.15, -0.1) is 0 Å². The van der Waals surface area contributed by atoms with Gasteiger partial charge >= 0.3 is 0 Å². The summed E-state index contributed by atoms with van der Waals surface area (Å²) >= 11 is 2.45. The second-order valence-corrected chi connectivity index (χ2v) is 21.9. The summed E-state index contributed by atoms with van der Waals surface area (Å²) in [7, 11) is -3.91. The van der Waals surface area contributed by atoms with Crippen LogP contribution in [0, 0.1) is 11.8 Å². The van der Waals surface area contributed by atoms with E-state index in [0.717, 1.165) is 6.16 Å². The number of rotatable bonds is 10. The summed E-state index contributed by atoms with van der Waals surface area (Å²) in [6, 6.07) is 33.7. The molecule has 0 heterocycles. The van der Waals surface area contributed by atoms with E-state index < -0.39 is 15.6 Å². The zero-order valence-corrected chi connectivity index (χ0v) is 30.5. The van der Waals surface area contributed by atoms with Crippen LogP contribution in [0.15, 0.2) is 101 Å². The average Bonchev–Trinajstić information content (AvgIpc) is 2.86. The van der Waals surface area contributed by atoms with Crippen LogP contribution < -0.4 is 39.9 Å². The fourth-order valence-corrected chi connectivity index (χ4v) is 11.8. The Hall–Kier alpha value is -0.533. The van der Waals surface area contributed by atoms with Gasteiger partial charge in [-0.3, -0.25) is 0 Å². The Labute approximate surface area is 264 Å². The van der Waals surface area contributed by atoms with E-state index in [2.05, 4.69) is 174 Å².